The first-order chi connectivity index (χ1) is 21.1. The second kappa shape index (κ2) is 8.73. The largest absolute Gasteiger partial charge is 0.309 e. The predicted octanol–water partition coefficient (Wildman–Crippen LogP) is 8.89. The van der Waals surface area contributed by atoms with Crippen LogP contribution < -0.4 is 0 Å². The quantitative estimate of drug-likeness (QED) is 0.220. The van der Waals surface area contributed by atoms with Crippen LogP contribution in [-0.4, -0.2) is 24.1 Å². The molecule has 0 bridgehead atoms. The zero-order chi connectivity index (χ0) is 28.7. The fraction of sp³-hybridized carbons (Fsp3) is 0.0789. The molecule has 0 saturated carbocycles. The van der Waals surface area contributed by atoms with Crippen molar-refractivity contribution in [2.75, 3.05) is 0 Å². The first-order valence-electron chi connectivity index (χ1n) is 14.6. The lowest BCUT2D eigenvalue weighted by atomic mass is 9.74. The Morgan fingerprint density at radius 3 is 2.14 bits per heavy atom. The number of hydrogen-bond acceptors (Lipinski definition) is 3. The van der Waals surface area contributed by atoms with Gasteiger partial charge in [-0.25, -0.2) is 4.98 Å². The maximum atomic E-state index is 5.18. The second-order valence-corrected chi connectivity index (χ2v) is 11.8. The number of aromatic nitrogens is 5. The lowest BCUT2D eigenvalue weighted by molar-refractivity contribution is 0.628. The van der Waals surface area contributed by atoms with Crippen LogP contribution in [0.5, 0.6) is 0 Å². The molecule has 0 aliphatic carbocycles. The molecule has 0 saturated heterocycles. The van der Waals surface area contributed by atoms with Crippen molar-refractivity contribution in [1.29, 1.82) is 0 Å². The third-order valence-electron chi connectivity index (χ3n) is 9.06. The van der Waals surface area contributed by atoms with E-state index < -0.39 is 0 Å². The predicted molar refractivity (Wildman–Crippen MR) is 174 cm³/mol. The summed E-state index contributed by atoms with van der Waals surface area (Å²) in [4.78, 5) is 14.2. The van der Waals surface area contributed by atoms with Crippen LogP contribution in [0.15, 0.2) is 128 Å². The first kappa shape index (κ1) is 24.1. The van der Waals surface area contributed by atoms with Gasteiger partial charge in [-0.15, -0.1) is 0 Å². The maximum absolute atomic E-state index is 5.18. The van der Waals surface area contributed by atoms with Crippen molar-refractivity contribution in [3.63, 3.8) is 0 Å². The molecule has 1 aliphatic rings. The van der Waals surface area contributed by atoms with Gasteiger partial charge in [-0.05, 0) is 71.8 Å². The van der Waals surface area contributed by atoms with Crippen molar-refractivity contribution in [2.45, 2.75) is 19.3 Å². The molecular weight excluding hydrogens is 526 g/mol. The van der Waals surface area contributed by atoms with Crippen molar-refractivity contribution < 1.29 is 0 Å². The summed E-state index contributed by atoms with van der Waals surface area (Å²) in [5, 5.41) is 2.53. The molecule has 8 aromatic rings. The SMILES string of the molecule is CC1(C)c2cc(-n3c4ccccc4c4ccccc43)ccc2-n2c(-c3ccc(-c4cccnc4)nc3)nc3cccc1c32. The van der Waals surface area contributed by atoms with E-state index in [9.17, 15) is 0 Å². The van der Waals surface area contributed by atoms with E-state index in [-0.39, 0.29) is 5.41 Å². The monoisotopic (exact) mass is 553 g/mol. The van der Waals surface area contributed by atoms with Gasteiger partial charge >= 0.3 is 0 Å². The fourth-order valence-corrected chi connectivity index (χ4v) is 6.97. The van der Waals surface area contributed by atoms with Gasteiger partial charge in [0.05, 0.1) is 33.4 Å². The minimum absolute atomic E-state index is 0.223. The van der Waals surface area contributed by atoms with Gasteiger partial charge in [0, 0.05) is 51.6 Å². The molecule has 4 aromatic carbocycles. The number of rotatable bonds is 3. The van der Waals surface area contributed by atoms with Gasteiger partial charge in [-0.1, -0.05) is 62.4 Å². The highest BCUT2D eigenvalue weighted by molar-refractivity contribution is 6.09. The van der Waals surface area contributed by atoms with E-state index in [0.29, 0.717) is 0 Å². The molecule has 0 fully saturated rings. The van der Waals surface area contributed by atoms with Gasteiger partial charge in [0.1, 0.15) is 5.82 Å². The van der Waals surface area contributed by atoms with Gasteiger partial charge in [-0.2, -0.15) is 0 Å². The van der Waals surface area contributed by atoms with Crippen LogP contribution in [0.3, 0.4) is 0 Å². The number of hydrogen-bond donors (Lipinski definition) is 0. The summed E-state index contributed by atoms with van der Waals surface area (Å²) < 4.78 is 4.73. The molecular formula is C38H27N5. The average Bonchev–Trinajstić information content (AvgIpc) is 3.61. The molecule has 9 rings (SSSR count). The lowest BCUT2D eigenvalue weighted by Crippen LogP contribution is -2.26. The van der Waals surface area contributed by atoms with E-state index in [1.807, 2.05) is 24.5 Å². The van der Waals surface area contributed by atoms with E-state index in [4.69, 9.17) is 9.97 Å². The van der Waals surface area contributed by atoms with Crippen LogP contribution in [0.4, 0.5) is 0 Å². The summed E-state index contributed by atoms with van der Waals surface area (Å²) in [6.07, 6.45) is 5.55. The number of imidazole rings is 1. The normalized spacial score (nSPS) is 13.5. The number of nitrogens with zero attached hydrogens (tertiary/aromatic N) is 5. The molecule has 0 radical (unpaired) electrons. The summed E-state index contributed by atoms with van der Waals surface area (Å²) in [6.45, 7) is 4.66. The van der Waals surface area contributed by atoms with Crippen LogP contribution >= 0.6 is 0 Å². The lowest BCUT2D eigenvalue weighted by Gasteiger charge is -2.35. The van der Waals surface area contributed by atoms with Crippen molar-refractivity contribution in [3.05, 3.63) is 139 Å². The Morgan fingerprint density at radius 1 is 0.628 bits per heavy atom. The molecule has 5 heteroatoms. The van der Waals surface area contributed by atoms with E-state index in [1.54, 1.807) is 6.20 Å². The average molecular weight is 554 g/mol. The van der Waals surface area contributed by atoms with Gasteiger partial charge in [0.25, 0.3) is 0 Å². The molecule has 204 valence electrons. The van der Waals surface area contributed by atoms with E-state index >= 15 is 0 Å². The van der Waals surface area contributed by atoms with E-state index in [1.165, 1.54) is 32.9 Å². The summed E-state index contributed by atoms with van der Waals surface area (Å²) in [5.41, 5.74) is 12.1. The highest BCUT2D eigenvalue weighted by atomic mass is 15.1. The fourth-order valence-electron chi connectivity index (χ4n) is 6.97. The molecule has 0 spiro atoms. The van der Waals surface area contributed by atoms with Crippen molar-refractivity contribution >= 4 is 32.8 Å². The Balaban J connectivity index is 1.28. The van der Waals surface area contributed by atoms with Gasteiger partial charge in [0.15, 0.2) is 0 Å². The number of pyridine rings is 2. The Morgan fingerprint density at radius 2 is 1.42 bits per heavy atom. The van der Waals surface area contributed by atoms with Crippen LogP contribution in [0.25, 0.3) is 66.9 Å². The summed E-state index contributed by atoms with van der Waals surface area (Å²) >= 11 is 0. The number of para-hydroxylation sites is 3. The number of benzene rings is 4. The third kappa shape index (κ3) is 3.36. The topological polar surface area (TPSA) is 48.5 Å². The van der Waals surface area contributed by atoms with E-state index in [2.05, 4.69) is 125 Å². The molecule has 0 atom stereocenters. The third-order valence-corrected chi connectivity index (χ3v) is 9.06. The first-order valence-corrected chi connectivity index (χ1v) is 14.6. The molecule has 0 amide bonds. The van der Waals surface area contributed by atoms with Crippen molar-refractivity contribution in [1.82, 2.24) is 24.1 Å². The van der Waals surface area contributed by atoms with Crippen LogP contribution in [-0.2, 0) is 5.41 Å². The van der Waals surface area contributed by atoms with E-state index in [0.717, 1.165) is 45.1 Å². The highest BCUT2D eigenvalue weighted by Crippen LogP contribution is 2.47. The highest BCUT2D eigenvalue weighted by Gasteiger charge is 2.36. The minimum atomic E-state index is -0.223. The maximum Gasteiger partial charge on any atom is 0.147 e. The smallest absolute Gasteiger partial charge is 0.147 e. The molecule has 0 N–H and O–H groups in total. The Labute approximate surface area is 248 Å². The molecule has 4 aromatic heterocycles. The molecule has 1 aliphatic heterocycles. The molecule has 43 heavy (non-hydrogen) atoms. The van der Waals surface area contributed by atoms with Crippen LogP contribution in [0.1, 0.15) is 25.0 Å². The Bertz CT molecular complexity index is 2310. The second-order valence-electron chi connectivity index (χ2n) is 11.8. The summed E-state index contributed by atoms with van der Waals surface area (Å²) in [7, 11) is 0. The van der Waals surface area contributed by atoms with Crippen molar-refractivity contribution in [2.24, 2.45) is 0 Å². The van der Waals surface area contributed by atoms with Crippen molar-refractivity contribution in [3.8, 4) is 34.0 Å². The standard InChI is InChI=1S/C38H27N5/c1-38(2)29-12-7-13-32-36(29)43(37(41-32)25-16-18-31(40-23-25)24-9-8-20-39-22-24)35-19-17-26(21-30(35)38)42-33-14-5-3-10-27(33)28-11-4-6-15-34(28)42/h3-23H,1-2H3. The van der Waals surface area contributed by atoms with Crippen LogP contribution in [0, 0.1) is 0 Å². The summed E-state index contributed by atoms with van der Waals surface area (Å²) in [6, 6.07) is 38.9. The Hall–Kier alpha value is -5.55. The molecule has 5 nitrogen and oxygen atoms in total. The molecule has 5 heterocycles. The molecule has 0 unspecified atom stereocenters. The van der Waals surface area contributed by atoms with Gasteiger partial charge in [0.2, 0.25) is 0 Å². The van der Waals surface area contributed by atoms with Crippen LogP contribution in [0.2, 0.25) is 0 Å². The number of fused-ring (bicyclic) bond motifs is 5. The summed E-state index contributed by atoms with van der Waals surface area (Å²) in [5.74, 6) is 0.897. The minimum Gasteiger partial charge on any atom is -0.309 e. The Kier molecular flexibility index (Phi) is 4.89. The zero-order valence-electron chi connectivity index (χ0n) is 23.9. The van der Waals surface area contributed by atoms with Gasteiger partial charge in [-0.3, -0.25) is 14.5 Å². The zero-order valence-corrected chi connectivity index (χ0v) is 23.9. The van der Waals surface area contributed by atoms with Gasteiger partial charge < -0.3 is 4.57 Å².